The van der Waals surface area contributed by atoms with Crippen molar-refractivity contribution in [3.8, 4) is 0 Å². The van der Waals surface area contributed by atoms with Gasteiger partial charge in [-0.15, -0.1) is 0 Å². The average molecular weight is 268 g/mol. The molecule has 1 aliphatic heterocycles. The first kappa shape index (κ1) is 15.8. The fraction of sp³-hybridized carbons (Fsp3) is 0.857. The zero-order chi connectivity index (χ0) is 14.1. The van der Waals surface area contributed by atoms with Gasteiger partial charge in [0.05, 0.1) is 0 Å². The van der Waals surface area contributed by atoms with Crippen molar-refractivity contribution in [2.45, 2.75) is 40.0 Å². The van der Waals surface area contributed by atoms with Crippen LogP contribution >= 0.6 is 0 Å². The Morgan fingerprint density at radius 1 is 1.26 bits per heavy atom. The average Bonchev–Trinajstić information content (AvgIpc) is 2.42. The molecule has 1 saturated heterocycles. The van der Waals surface area contributed by atoms with E-state index in [-0.39, 0.29) is 12.5 Å². The number of carbonyl (C=O) groups is 1. The van der Waals surface area contributed by atoms with E-state index >= 15 is 0 Å². The summed E-state index contributed by atoms with van der Waals surface area (Å²) < 4.78 is 0. The number of nitrogens with one attached hydrogen (secondary N) is 2. The Hall–Kier alpha value is -1.26. The molecule has 0 atom stereocenters. The molecular weight excluding hydrogens is 240 g/mol. The lowest BCUT2D eigenvalue weighted by Gasteiger charge is -2.32. The van der Waals surface area contributed by atoms with E-state index in [1.165, 1.54) is 12.8 Å². The highest BCUT2D eigenvalue weighted by molar-refractivity contribution is 5.85. The summed E-state index contributed by atoms with van der Waals surface area (Å²) in [6.45, 7) is 10.2. The fourth-order valence-electron chi connectivity index (χ4n) is 2.11. The van der Waals surface area contributed by atoms with Crippen LogP contribution < -0.4 is 10.6 Å². The van der Waals surface area contributed by atoms with E-state index < -0.39 is 0 Å². The van der Waals surface area contributed by atoms with E-state index in [0.717, 1.165) is 44.5 Å². The lowest BCUT2D eigenvalue weighted by molar-refractivity contribution is -0.119. The number of aliphatic imine (C=N–C) groups is 1. The van der Waals surface area contributed by atoms with Gasteiger partial charge in [0.1, 0.15) is 6.54 Å². The highest BCUT2D eigenvalue weighted by atomic mass is 16.1. The summed E-state index contributed by atoms with van der Waals surface area (Å²) in [7, 11) is 0. The molecule has 0 aromatic carbocycles. The Morgan fingerprint density at radius 3 is 2.53 bits per heavy atom. The van der Waals surface area contributed by atoms with Crippen LogP contribution in [0.3, 0.4) is 0 Å². The maximum atomic E-state index is 11.6. The van der Waals surface area contributed by atoms with E-state index in [1.54, 1.807) is 0 Å². The van der Waals surface area contributed by atoms with Gasteiger partial charge in [0, 0.05) is 26.2 Å². The van der Waals surface area contributed by atoms with Crippen molar-refractivity contribution in [3.05, 3.63) is 0 Å². The Bertz CT molecular complexity index is 296. The largest absolute Gasteiger partial charge is 0.357 e. The van der Waals surface area contributed by atoms with Gasteiger partial charge in [0.2, 0.25) is 5.91 Å². The SMILES string of the molecule is CCCNC(=O)CN=C(NCC)N1CCC(C)CC1. The number of rotatable bonds is 5. The number of hydrogen-bond donors (Lipinski definition) is 2. The van der Waals surface area contributed by atoms with Gasteiger partial charge in [-0.25, -0.2) is 4.99 Å². The molecule has 0 saturated carbocycles. The first-order valence-electron chi connectivity index (χ1n) is 7.47. The van der Waals surface area contributed by atoms with Gasteiger partial charge in [0.15, 0.2) is 5.96 Å². The minimum atomic E-state index is 0.00244. The molecule has 5 nitrogen and oxygen atoms in total. The first-order chi connectivity index (χ1) is 9.17. The molecule has 0 radical (unpaired) electrons. The highest BCUT2D eigenvalue weighted by Crippen LogP contribution is 2.15. The molecule has 1 heterocycles. The minimum absolute atomic E-state index is 0.00244. The van der Waals surface area contributed by atoms with Crippen LogP contribution in [0.5, 0.6) is 0 Å². The van der Waals surface area contributed by atoms with E-state index in [4.69, 9.17) is 0 Å². The number of piperidine rings is 1. The number of hydrogen-bond acceptors (Lipinski definition) is 2. The van der Waals surface area contributed by atoms with Crippen LogP contribution in [0, 0.1) is 5.92 Å². The van der Waals surface area contributed by atoms with Crippen molar-refractivity contribution in [3.63, 3.8) is 0 Å². The number of likely N-dealkylation sites (tertiary alicyclic amines) is 1. The zero-order valence-corrected chi connectivity index (χ0v) is 12.5. The summed E-state index contributed by atoms with van der Waals surface area (Å²) in [6.07, 6.45) is 3.36. The summed E-state index contributed by atoms with van der Waals surface area (Å²) >= 11 is 0. The van der Waals surface area contributed by atoms with Crippen LogP contribution in [-0.4, -0.2) is 49.5 Å². The zero-order valence-electron chi connectivity index (χ0n) is 12.5. The molecule has 0 spiro atoms. The van der Waals surface area contributed by atoms with Crippen LogP contribution in [0.4, 0.5) is 0 Å². The van der Waals surface area contributed by atoms with Gasteiger partial charge in [-0.2, -0.15) is 0 Å². The fourth-order valence-corrected chi connectivity index (χ4v) is 2.11. The molecule has 1 amide bonds. The minimum Gasteiger partial charge on any atom is -0.357 e. The molecule has 1 fully saturated rings. The predicted octanol–water partition coefficient (Wildman–Crippen LogP) is 1.21. The monoisotopic (exact) mass is 268 g/mol. The van der Waals surface area contributed by atoms with Gasteiger partial charge in [-0.05, 0) is 32.1 Å². The van der Waals surface area contributed by atoms with Gasteiger partial charge in [-0.1, -0.05) is 13.8 Å². The van der Waals surface area contributed by atoms with Crippen LogP contribution in [0.25, 0.3) is 0 Å². The molecular formula is C14H28N4O. The molecule has 1 aliphatic rings. The summed E-state index contributed by atoms with van der Waals surface area (Å²) in [6, 6.07) is 0. The van der Waals surface area contributed by atoms with E-state index in [0.29, 0.717) is 0 Å². The van der Waals surface area contributed by atoms with Crippen molar-refractivity contribution >= 4 is 11.9 Å². The van der Waals surface area contributed by atoms with Crippen molar-refractivity contribution in [1.29, 1.82) is 0 Å². The topological polar surface area (TPSA) is 56.7 Å². The molecule has 0 bridgehead atoms. The summed E-state index contributed by atoms with van der Waals surface area (Å²) in [5.74, 6) is 1.68. The number of amides is 1. The van der Waals surface area contributed by atoms with Crippen LogP contribution in [0.1, 0.15) is 40.0 Å². The number of guanidine groups is 1. The second-order valence-corrected chi connectivity index (χ2v) is 5.19. The lowest BCUT2D eigenvalue weighted by Crippen LogP contribution is -2.45. The Kier molecular flexibility index (Phi) is 7.30. The third kappa shape index (κ3) is 5.94. The molecule has 110 valence electrons. The quantitative estimate of drug-likeness (QED) is 0.582. The van der Waals surface area contributed by atoms with E-state index in [9.17, 15) is 4.79 Å². The van der Waals surface area contributed by atoms with Crippen LogP contribution in [-0.2, 0) is 4.79 Å². The molecule has 5 heteroatoms. The number of nitrogens with zero attached hydrogens (tertiary/aromatic N) is 2. The summed E-state index contributed by atoms with van der Waals surface area (Å²) in [5.41, 5.74) is 0. The maximum absolute atomic E-state index is 11.6. The third-order valence-corrected chi connectivity index (χ3v) is 3.36. The molecule has 1 rings (SSSR count). The molecule has 2 N–H and O–H groups in total. The smallest absolute Gasteiger partial charge is 0.241 e. The Morgan fingerprint density at radius 2 is 1.95 bits per heavy atom. The van der Waals surface area contributed by atoms with Gasteiger partial charge in [-0.3, -0.25) is 4.79 Å². The molecule has 0 aromatic heterocycles. The molecule has 0 aliphatic carbocycles. The molecule has 0 unspecified atom stereocenters. The number of carbonyl (C=O) groups excluding carboxylic acids is 1. The van der Waals surface area contributed by atoms with Crippen LogP contribution in [0.2, 0.25) is 0 Å². The summed E-state index contributed by atoms with van der Waals surface area (Å²) in [4.78, 5) is 18.3. The second-order valence-electron chi connectivity index (χ2n) is 5.19. The standard InChI is InChI=1S/C14H28N4O/c1-4-8-16-13(19)11-17-14(15-5-2)18-9-6-12(3)7-10-18/h12H,4-11H2,1-3H3,(H,15,17)(H,16,19). The van der Waals surface area contributed by atoms with Gasteiger partial charge in [0.25, 0.3) is 0 Å². The lowest BCUT2D eigenvalue weighted by atomic mass is 10.00. The van der Waals surface area contributed by atoms with Crippen molar-refractivity contribution in [1.82, 2.24) is 15.5 Å². The maximum Gasteiger partial charge on any atom is 0.241 e. The second kappa shape index (κ2) is 8.77. The normalized spacial score (nSPS) is 17.4. The molecule has 19 heavy (non-hydrogen) atoms. The summed E-state index contributed by atoms with van der Waals surface area (Å²) in [5, 5.41) is 6.12. The van der Waals surface area contributed by atoms with E-state index in [2.05, 4.69) is 34.4 Å². The predicted molar refractivity (Wildman–Crippen MR) is 79.3 cm³/mol. The molecule has 0 aromatic rings. The first-order valence-corrected chi connectivity index (χ1v) is 7.47. The highest BCUT2D eigenvalue weighted by Gasteiger charge is 2.18. The van der Waals surface area contributed by atoms with Gasteiger partial charge < -0.3 is 15.5 Å². The van der Waals surface area contributed by atoms with Crippen LogP contribution in [0.15, 0.2) is 4.99 Å². The Balaban J connectivity index is 2.48. The van der Waals surface area contributed by atoms with Crippen molar-refractivity contribution in [2.24, 2.45) is 10.9 Å². The van der Waals surface area contributed by atoms with Crippen molar-refractivity contribution < 1.29 is 4.79 Å². The van der Waals surface area contributed by atoms with E-state index in [1.807, 2.05) is 6.92 Å². The van der Waals surface area contributed by atoms with Gasteiger partial charge >= 0.3 is 0 Å². The van der Waals surface area contributed by atoms with Crippen molar-refractivity contribution in [2.75, 3.05) is 32.7 Å². The third-order valence-electron chi connectivity index (χ3n) is 3.36. The Labute approximate surface area is 116 Å².